The van der Waals surface area contributed by atoms with E-state index in [2.05, 4.69) is 5.16 Å². The lowest BCUT2D eigenvalue weighted by molar-refractivity contribution is 0.395. The molecule has 0 aliphatic rings. The summed E-state index contributed by atoms with van der Waals surface area (Å²) in [6, 6.07) is 0. The molecule has 0 spiro atoms. The van der Waals surface area contributed by atoms with Gasteiger partial charge >= 0.3 is 0 Å². The minimum absolute atomic E-state index is 0.107. The Balaban J connectivity index is 2.49. The molecule has 12 heavy (non-hydrogen) atoms. The number of aryl methyl sites for hydroxylation is 2. The van der Waals surface area contributed by atoms with E-state index in [-0.39, 0.29) is 5.54 Å². The maximum absolute atomic E-state index is 5.85. The summed E-state index contributed by atoms with van der Waals surface area (Å²) in [5.74, 6) is 0.902. The molecular formula is C9H16N2O. The molecule has 1 aromatic heterocycles. The van der Waals surface area contributed by atoms with Gasteiger partial charge in [-0.3, -0.25) is 0 Å². The van der Waals surface area contributed by atoms with E-state index in [1.807, 2.05) is 20.8 Å². The summed E-state index contributed by atoms with van der Waals surface area (Å²) in [5, 5.41) is 3.71. The fourth-order valence-electron chi connectivity index (χ4n) is 1.02. The Hall–Kier alpha value is -0.830. The highest BCUT2D eigenvalue weighted by atomic mass is 16.5. The summed E-state index contributed by atoms with van der Waals surface area (Å²) in [6.07, 6.45) is 3.66. The van der Waals surface area contributed by atoms with E-state index >= 15 is 0 Å². The van der Waals surface area contributed by atoms with E-state index in [1.165, 1.54) is 0 Å². The molecule has 0 aliphatic carbocycles. The number of rotatable bonds is 3. The van der Waals surface area contributed by atoms with Crippen LogP contribution in [0.5, 0.6) is 0 Å². The summed E-state index contributed by atoms with van der Waals surface area (Å²) in [4.78, 5) is 0. The van der Waals surface area contributed by atoms with E-state index in [0.717, 1.165) is 24.2 Å². The molecule has 0 aromatic carbocycles. The van der Waals surface area contributed by atoms with Crippen LogP contribution >= 0.6 is 0 Å². The molecule has 0 unspecified atom stereocenters. The first-order valence-electron chi connectivity index (χ1n) is 4.18. The van der Waals surface area contributed by atoms with Gasteiger partial charge in [0.1, 0.15) is 5.76 Å². The van der Waals surface area contributed by atoms with Crippen LogP contribution in [0.2, 0.25) is 0 Å². The van der Waals surface area contributed by atoms with Crippen LogP contribution in [-0.2, 0) is 6.42 Å². The molecule has 0 amide bonds. The van der Waals surface area contributed by atoms with Crippen LogP contribution in [0.25, 0.3) is 0 Å². The van der Waals surface area contributed by atoms with Gasteiger partial charge in [-0.25, -0.2) is 0 Å². The van der Waals surface area contributed by atoms with Gasteiger partial charge in [-0.1, -0.05) is 5.16 Å². The van der Waals surface area contributed by atoms with Crippen molar-refractivity contribution in [3.63, 3.8) is 0 Å². The van der Waals surface area contributed by atoms with Crippen molar-refractivity contribution in [3.8, 4) is 0 Å². The summed E-state index contributed by atoms with van der Waals surface area (Å²) >= 11 is 0. The maximum Gasteiger partial charge on any atom is 0.136 e. The van der Waals surface area contributed by atoms with Crippen LogP contribution in [0.15, 0.2) is 10.7 Å². The minimum Gasteiger partial charge on any atom is -0.361 e. The van der Waals surface area contributed by atoms with Gasteiger partial charge in [-0.05, 0) is 33.6 Å². The van der Waals surface area contributed by atoms with Gasteiger partial charge in [-0.2, -0.15) is 0 Å². The van der Waals surface area contributed by atoms with Crippen LogP contribution in [0.4, 0.5) is 0 Å². The third-order valence-electron chi connectivity index (χ3n) is 1.89. The highest BCUT2D eigenvalue weighted by molar-refractivity contribution is 5.11. The lowest BCUT2D eigenvalue weighted by atomic mass is 9.97. The molecule has 0 saturated carbocycles. The first-order valence-corrected chi connectivity index (χ1v) is 4.18. The molecular weight excluding hydrogens is 152 g/mol. The third kappa shape index (κ3) is 2.66. The van der Waals surface area contributed by atoms with Crippen LogP contribution in [-0.4, -0.2) is 10.7 Å². The summed E-state index contributed by atoms with van der Waals surface area (Å²) in [6.45, 7) is 5.97. The topological polar surface area (TPSA) is 52.0 Å². The highest BCUT2D eigenvalue weighted by Gasteiger charge is 2.12. The van der Waals surface area contributed by atoms with Gasteiger partial charge in [0.15, 0.2) is 0 Å². The number of nitrogens with two attached hydrogens (primary N) is 1. The van der Waals surface area contributed by atoms with E-state index in [4.69, 9.17) is 10.3 Å². The Kier molecular flexibility index (Phi) is 2.52. The SMILES string of the molecule is Cc1oncc1CCC(C)(C)N. The summed E-state index contributed by atoms with van der Waals surface area (Å²) in [7, 11) is 0. The lowest BCUT2D eigenvalue weighted by Gasteiger charge is -2.17. The molecule has 1 rings (SSSR count). The van der Waals surface area contributed by atoms with Crippen molar-refractivity contribution >= 4 is 0 Å². The lowest BCUT2D eigenvalue weighted by Crippen LogP contribution is -2.32. The Morgan fingerprint density at radius 1 is 1.58 bits per heavy atom. The molecule has 3 nitrogen and oxygen atoms in total. The smallest absolute Gasteiger partial charge is 0.136 e. The molecule has 0 radical (unpaired) electrons. The molecule has 3 heteroatoms. The highest BCUT2D eigenvalue weighted by Crippen LogP contribution is 2.13. The molecule has 0 saturated heterocycles. The van der Waals surface area contributed by atoms with Crippen molar-refractivity contribution in [1.82, 2.24) is 5.16 Å². The largest absolute Gasteiger partial charge is 0.361 e. The van der Waals surface area contributed by atoms with Crippen molar-refractivity contribution in [3.05, 3.63) is 17.5 Å². The van der Waals surface area contributed by atoms with Crippen molar-refractivity contribution in [2.75, 3.05) is 0 Å². The van der Waals surface area contributed by atoms with Gasteiger partial charge in [0.05, 0.1) is 6.20 Å². The van der Waals surface area contributed by atoms with Gasteiger partial charge in [0, 0.05) is 11.1 Å². The van der Waals surface area contributed by atoms with Gasteiger partial charge in [0.2, 0.25) is 0 Å². The number of hydrogen-bond donors (Lipinski definition) is 1. The predicted molar refractivity (Wildman–Crippen MR) is 47.8 cm³/mol. The second-order valence-corrected chi connectivity index (χ2v) is 3.90. The third-order valence-corrected chi connectivity index (χ3v) is 1.89. The Morgan fingerprint density at radius 2 is 2.25 bits per heavy atom. The maximum atomic E-state index is 5.85. The first-order chi connectivity index (χ1) is 5.49. The first kappa shape index (κ1) is 9.26. The fourth-order valence-corrected chi connectivity index (χ4v) is 1.02. The molecule has 0 fully saturated rings. The van der Waals surface area contributed by atoms with E-state index in [0.29, 0.717) is 0 Å². The zero-order valence-corrected chi connectivity index (χ0v) is 7.92. The number of aromatic nitrogens is 1. The average molecular weight is 168 g/mol. The normalized spacial score (nSPS) is 12.0. The van der Waals surface area contributed by atoms with E-state index < -0.39 is 0 Å². The molecule has 68 valence electrons. The summed E-state index contributed by atoms with van der Waals surface area (Å²) in [5.41, 5.74) is 6.90. The van der Waals surface area contributed by atoms with Gasteiger partial charge < -0.3 is 10.3 Å². The second kappa shape index (κ2) is 3.27. The number of hydrogen-bond acceptors (Lipinski definition) is 3. The Labute approximate surface area is 72.9 Å². The molecule has 2 N–H and O–H groups in total. The molecule has 1 heterocycles. The fraction of sp³-hybridized carbons (Fsp3) is 0.667. The Morgan fingerprint density at radius 3 is 2.67 bits per heavy atom. The standard InChI is InChI=1S/C9H16N2O/c1-7-8(6-11-12-7)4-5-9(2,3)10/h6H,4-5,10H2,1-3H3. The van der Waals surface area contributed by atoms with Crippen LogP contribution in [0, 0.1) is 6.92 Å². The molecule has 1 aromatic rings. The van der Waals surface area contributed by atoms with Gasteiger partial charge in [0.25, 0.3) is 0 Å². The van der Waals surface area contributed by atoms with Crippen LogP contribution in [0.3, 0.4) is 0 Å². The minimum atomic E-state index is -0.107. The second-order valence-electron chi connectivity index (χ2n) is 3.90. The van der Waals surface area contributed by atoms with Crippen molar-refractivity contribution in [2.24, 2.45) is 5.73 Å². The van der Waals surface area contributed by atoms with E-state index in [9.17, 15) is 0 Å². The van der Waals surface area contributed by atoms with Crippen molar-refractivity contribution < 1.29 is 4.52 Å². The quantitative estimate of drug-likeness (QED) is 0.746. The molecule has 0 aliphatic heterocycles. The van der Waals surface area contributed by atoms with Crippen LogP contribution < -0.4 is 5.73 Å². The predicted octanol–water partition coefficient (Wildman–Crippen LogP) is 1.65. The summed E-state index contributed by atoms with van der Waals surface area (Å²) < 4.78 is 4.94. The average Bonchev–Trinajstić information content (AvgIpc) is 2.29. The monoisotopic (exact) mass is 168 g/mol. The molecule has 0 atom stereocenters. The zero-order chi connectivity index (χ0) is 9.19. The van der Waals surface area contributed by atoms with Crippen molar-refractivity contribution in [1.29, 1.82) is 0 Å². The molecule has 0 bridgehead atoms. The Bertz CT molecular complexity index is 247. The van der Waals surface area contributed by atoms with Gasteiger partial charge in [-0.15, -0.1) is 0 Å². The number of nitrogens with zero attached hydrogens (tertiary/aromatic N) is 1. The van der Waals surface area contributed by atoms with Crippen LogP contribution in [0.1, 0.15) is 31.6 Å². The zero-order valence-electron chi connectivity index (χ0n) is 7.92. The van der Waals surface area contributed by atoms with Crippen molar-refractivity contribution in [2.45, 2.75) is 39.2 Å². The van der Waals surface area contributed by atoms with E-state index in [1.54, 1.807) is 6.20 Å².